The Balaban J connectivity index is 2.19. The summed E-state index contributed by atoms with van der Waals surface area (Å²) in [5.41, 5.74) is 0. The Morgan fingerprint density at radius 3 is 3.00 bits per heavy atom. The van der Waals surface area contributed by atoms with Crippen LogP contribution in [0.15, 0.2) is 21.2 Å². The molecule has 0 aliphatic heterocycles. The molecule has 80 valence electrons. The first-order valence-corrected chi connectivity index (χ1v) is 5.57. The quantitative estimate of drug-likeness (QED) is 0.855. The molecule has 1 unspecified atom stereocenters. The van der Waals surface area contributed by atoms with E-state index in [1.165, 1.54) is 0 Å². The molecule has 0 bridgehead atoms. The van der Waals surface area contributed by atoms with E-state index in [1.807, 2.05) is 19.9 Å². The Hall–Kier alpha value is -0.320. The molecule has 0 saturated carbocycles. The van der Waals surface area contributed by atoms with Crippen LogP contribution < -0.4 is 5.32 Å². The van der Waals surface area contributed by atoms with Crippen molar-refractivity contribution in [1.29, 1.82) is 0 Å². The van der Waals surface area contributed by atoms with Gasteiger partial charge in [-0.15, -0.1) is 0 Å². The third kappa shape index (κ3) is 3.82. The smallest absolute Gasteiger partial charge is 0.131 e. The van der Waals surface area contributed by atoms with Crippen LogP contribution in [0.2, 0.25) is 0 Å². The van der Waals surface area contributed by atoms with E-state index in [9.17, 15) is 0 Å². The third-order valence-corrected chi connectivity index (χ3v) is 2.57. The minimum Gasteiger partial charge on any atom is -0.467 e. The van der Waals surface area contributed by atoms with Crippen LogP contribution in [0.25, 0.3) is 0 Å². The number of halogens is 1. The Labute approximate surface area is 92.9 Å². The van der Waals surface area contributed by atoms with E-state index < -0.39 is 0 Å². The molecule has 0 fully saturated rings. The predicted octanol–water partition coefficient (Wildman–Crippen LogP) is 2.56. The Morgan fingerprint density at radius 1 is 1.64 bits per heavy atom. The van der Waals surface area contributed by atoms with Crippen LogP contribution in [0.4, 0.5) is 0 Å². The van der Waals surface area contributed by atoms with Gasteiger partial charge < -0.3 is 14.5 Å². The molecular weight excluding hydrogens is 246 g/mol. The maximum Gasteiger partial charge on any atom is 0.131 e. The second kappa shape index (κ2) is 6.22. The third-order valence-electron chi connectivity index (χ3n) is 1.86. The molecule has 0 aliphatic rings. The highest BCUT2D eigenvalue weighted by Gasteiger charge is 2.04. The lowest BCUT2D eigenvalue weighted by molar-refractivity contribution is 0.0756. The molecule has 0 amide bonds. The van der Waals surface area contributed by atoms with Gasteiger partial charge in [0.15, 0.2) is 0 Å². The summed E-state index contributed by atoms with van der Waals surface area (Å²) in [4.78, 5) is 0. The summed E-state index contributed by atoms with van der Waals surface area (Å²) in [6, 6.07) is 1.89. The molecule has 1 atom stereocenters. The van der Waals surface area contributed by atoms with Crippen LogP contribution in [0.1, 0.15) is 19.6 Å². The normalized spacial score (nSPS) is 13.1. The van der Waals surface area contributed by atoms with Crippen molar-refractivity contribution in [2.75, 3.05) is 13.2 Å². The summed E-state index contributed by atoms with van der Waals surface area (Å²) < 4.78 is 11.7. The van der Waals surface area contributed by atoms with E-state index in [4.69, 9.17) is 9.15 Å². The van der Waals surface area contributed by atoms with Crippen molar-refractivity contribution >= 4 is 15.9 Å². The van der Waals surface area contributed by atoms with Gasteiger partial charge in [-0.3, -0.25) is 0 Å². The number of ether oxygens (including phenoxy) is 1. The topological polar surface area (TPSA) is 34.4 Å². The van der Waals surface area contributed by atoms with Gasteiger partial charge in [0.25, 0.3) is 0 Å². The number of rotatable bonds is 6. The molecule has 14 heavy (non-hydrogen) atoms. The van der Waals surface area contributed by atoms with E-state index in [-0.39, 0.29) is 6.10 Å². The zero-order valence-corrected chi connectivity index (χ0v) is 10.1. The average Bonchev–Trinajstić information content (AvgIpc) is 2.52. The monoisotopic (exact) mass is 261 g/mol. The zero-order valence-electron chi connectivity index (χ0n) is 8.55. The first-order valence-electron chi connectivity index (χ1n) is 4.78. The zero-order chi connectivity index (χ0) is 10.4. The molecule has 1 heterocycles. The largest absolute Gasteiger partial charge is 0.467 e. The van der Waals surface area contributed by atoms with Crippen LogP contribution >= 0.6 is 15.9 Å². The van der Waals surface area contributed by atoms with E-state index in [2.05, 4.69) is 21.2 Å². The number of hydrogen-bond acceptors (Lipinski definition) is 3. The number of nitrogens with one attached hydrogen (secondary N) is 1. The molecule has 1 aromatic rings. The standard InChI is InChI=1S/C10H16BrNO2/c1-3-13-8(2)6-12-7-10-9(11)4-5-14-10/h4-5,8,12H,3,6-7H2,1-2H3. The summed E-state index contributed by atoms with van der Waals surface area (Å²) in [6.07, 6.45) is 1.92. The van der Waals surface area contributed by atoms with Gasteiger partial charge in [0.2, 0.25) is 0 Å². The van der Waals surface area contributed by atoms with Gasteiger partial charge in [-0.2, -0.15) is 0 Å². The van der Waals surface area contributed by atoms with Crippen molar-refractivity contribution in [2.24, 2.45) is 0 Å². The predicted molar refractivity (Wildman–Crippen MR) is 59.2 cm³/mol. The molecule has 3 nitrogen and oxygen atoms in total. The highest BCUT2D eigenvalue weighted by Crippen LogP contribution is 2.16. The molecule has 0 aromatic carbocycles. The van der Waals surface area contributed by atoms with Crippen molar-refractivity contribution in [3.63, 3.8) is 0 Å². The van der Waals surface area contributed by atoms with Gasteiger partial charge in [-0.1, -0.05) is 0 Å². The second-order valence-corrected chi connectivity index (χ2v) is 3.94. The van der Waals surface area contributed by atoms with Gasteiger partial charge in [-0.25, -0.2) is 0 Å². The summed E-state index contributed by atoms with van der Waals surface area (Å²) in [7, 11) is 0. The molecule has 0 aliphatic carbocycles. The molecule has 1 N–H and O–H groups in total. The SMILES string of the molecule is CCOC(C)CNCc1occc1Br. The maximum atomic E-state index is 5.39. The van der Waals surface area contributed by atoms with Crippen molar-refractivity contribution < 1.29 is 9.15 Å². The van der Waals surface area contributed by atoms with Gasteiger partial charge in [0.05, 0.1) is 23.4 Å². The minimum absolute atomic E-state index is 0.244. The Kier molecular flexibility index (Phi) is 5.22. The van der Waals surface area contributed by atoms with E-state index >= 15 is 0 Å². The fraction of sp³-hybridized carbons (Fsp3) is 0.600. The minimum atomic E-state index is 0.244. The molecular formula is C10H16BrNO2. The van der Waals surface area contributed by atoms with E-state index in [0.717, 1.165) is 29.9 Å². The fourth-order valence-corrected chi connectivity index (χ4v) is 1.53. The van der Waals surface area contributed by atoms with Crippen LogP contribution in [0.5, 0.6) is 0 Å². The highest BCUT2D eigenvalue weighted by molar-refractivity contribution is 9.10. The lowest BCUT2D eigenvalue weighted by Gasteiger charge is -2.11. The van der Waals surface area contributed by atoms with E-state index in [0.29, 0.717) is 0 Å². The van der Waals surface area contributed by atoms with Crippen LogP contribution in [-0.4, -0.2) is 19.3 Å². The average molecular weight is 262 g/mol. The van der Waals surface area contributed by atoms with Crippen molar-refractivity contribution in [3.8, 4) is 0 Å². The molecule has 1 aromatic heterocycles. The number of furan rings is 1. The lowest BCUT2D eigenvalue weighted by Crippen LogP contribution is -2.26. The maximum absolute atomic E-state index is 5.39. The van der Waals surface area contributed by atoms with Crippen LogP contribution in [0, 0.1) is 0 Å². The summed E-state index contributed by atoms with van der Waals surface area (Å²) in [5, 5.41) is 3.26. The van der Waals surface area contributed by atoms with Gasteiger partial charge in [0, 0.05) is 13.2 Å². The second-order valence-electron chi connectivity index (χ2n) is 3.09. The summed E-state index contributed by atoms with van der Waals surface area (Å²) in [5.74, 6) is 0.925. The van der Waals surface area contributed by atoms with Crippen molar-refractivity contribution in [1.82, 2.24) is 5.32 Å². The molecule has 0 spiro atoms. The Morgan fingerprint density at radius 2 is 2.43 bits per heavy atom. The van der Waals surface area contributed by atoms with Gasteiger partial charge in [-0.05, 0) is 35.8 Å². The Bertz CT molecular complexity index is 262. The summed E-state index contributed by atoms with van der Waals surface area (Å²) >= 11 is 3.40. The van der Waals surface area contributed by atoms with Crippen molar-refractivity contribution in [3.05, 3.63) is 22.6 Å². The molecule has 4 heteroatoms. The first-order chi connectivity index (χ1) is 6.74. The van der Waals surface area contributed by atoms with Crippen LogP contribution in [-0.2, 0) is 11.3 Å². The molecule has 1 rings (SSSR count). The highest BCUT2D eigenvalue weighted by atomic mass is 79.9. The van der Waals surface area contributed by atoms with Crippen LogP contribution in [0.3, 0.4) is 0 Å². The van der Waals surface area contributed by atoms with Gasteiger partial charge >= 0.3 is 0 Å². The van der Waals surface area contributed by atoms with Gasteiger partial charge in [0.1, 0.15) is 5.76 Å². The molecule has 0 radical (unpaired) electrons. The lowest BCUT2D eigenvalue weighted by atomic mass is 10.4. The molecule has 0 saturated heterocycles. The van der Waals surface area contributed by atoms with E-state index in [1.54, 1.807) is 6.26 Å². The number of hydrogen-bond donors (Lipinski definition) is 1. The summed E-state index contributed by atoms with van der Waals surface area (Å²) in [6.45, 7) is 6.37. The first kappa shape index (κ1) is 11.8. The van der Waals surface area contributed by atoms with Crippen molar-refractivity contribution in [2.45, 2.75) is 26.5 Å². The fourth-order valence-electron chi connectivity index (χ4n) is 1.18.